The zero-order chi connectivity index (χ0) is 14.8. The molecule has 0 heterocycles. The summed E-state index contributed by atoms with van der Waals surface area (Å²) in [5.41, 5.74) is 2.24. The standard InChI is InChI=1S/C11H11F4NO3/c12-6-3-1-2-5(9(6)11(13,14)15)10(19)7(17)4-8(16)18/h1-3,7,10,17,19H,4H2,(H2,16,18). The van der Waals surface area contributed by atoms with Crippen molar-refractivity contribution in [2.24, 2.45) is 5.73 Å². The van der Waals surface area contributed by atoms with E-state index in [0.29, 0.717) is 6.07 Å². The van der Waals surface area contributed by atoms with E-state index in [2.05, 4.69) is 0 Å². The highest BCUT2D eigenvalue weighted by Gasteiger charge is 2.39. The molecule has 4 N–H and O–H groups in total. The molecule has 0 saturated carbocycles. The van der Waals surface area contributed by atoms with Gasteiger partial charge < -0.3 is 15.9 Å². The third kappa shape index (κ3) is 3.65. The van der Waals surface area contributed by atoms with Crippen LogP contribution in [0, 0.1) is 5.82 Å². The number of benzene rings is 1. The Morgan fingerprint density at radius 3 is 2.37 bits per heavy atom. The van der Waals surface area contributed by atoms with Gasteiger partial charge in [-0.05, 0) is 11.6 Å². The molecule has 0 bridgehead atoms. The quantitative estimate of drug-likeness (QED) is 0.723. The van der Waals surface area contributed by atoms with Crippen LogP contribution in [-0.4, -0.2) is 22.2 Å². The molecule has 1 amide bonds. The predicted molar refractivity (Wildman–Crippen MR) is 56.2 cm³/mol. The zero-order valence-electron chi connectivity index (χ0n) is 9.49. The number of amides is 1. The highest BCUT2D eigenvalue weighted by molar-refractivity contribution is 5.74. The molecule has 4 nitrogen and oxygen atoms in total. The number of aliphatic hydroxyl groups is 2. The van der Waals surface area contributed by atoms with Gasteiger partial charge in [-0.15, -0.1) is 0 Å². The minimum atomic E-state index is -5.03. The monoisotopic (exact) mass is 281 g/mol. The molecular weight excluding hydrogens is 270 g/mol. The van der Waals surface area contributed by atoms with Crippen LogP contribution in [0.2, 0.25) is 0 Å². The van der Waals surface area contributed by atoms with Gasteiger partial charge in [0, 0.05) is 0 Å². The fourth-order valence-corrected chi connectivity index (χ4v) is 1.61. The summed E-state index contributed by atoms with van der Waals surface area (Å²) in [6.45, 7) is 0. The lowest BCUT2D eigenvalue weighted by atomic mass is 9.96. The molecule has 106 valence electrons. The second kappa shape index (κ2) is 5.54. The van der Waals surface area contributed by atoms with Crippen LogP contribution in [0.1, 0.15) is 23.7 Å². The molecule has 0 aromatic heterocycles. The van der Waals surface area contributed by atoms with E-state index in [9.17, 15) is 32.6 Å². The summed E-state index contributed by atoms with van der Waals surface area (Å²) < 4.78 is 51.2. The van der Waals surface area contributed by atoms with Gasteiger partial charge in [0.1, 0.15) is 11.9 Å². The summed E-state index contributed by atoms with van der Waals surface area (Å²) in [5.74, 6) is -2.58. The number of carbonyl (C=O) groups excluding carboxylic acids is 1. The maximum absolute atomic E-state index is 13.2. The largest absolute Gasteiger partial charge is 0.419 e. The van der Waals surface area contributed by atoms with Crippen molar-refractivity contribution in [2.45, 2.75) is 24.8 Å². The Morgan fingerprint density at radius 2 is 1.89 bits per heavy atom. The van der Waals surface area contributed by atoms with Gasteiger partial charge in [-0.3, -0.25) is 4.79 Å². The Hall–Kier alpha value is -1.67. The smallest absolute Gasteiger partial charge is 0.390 e. The Balaban J connectivity index is 3.20. The second-order valence-electron chi connectivity index (χ2n) is 3.88. The van der Waals surface area contributed by atoms with Crippen LogP contribution in [0.3, 0.4) is 0 Å². The lowest BCUT2D eigenvalue weighted by Gasteiger charge is -2.21. The fourth-order valence-electron chi connectivity index (χ4n) is 1.61. The third-order valence-electron chi connectivity index (χ3n) is 2.42. The van der Waals surface area contributed by atoms with E-state index in [1.807, 2.05) is 0 Å². The summed E-state index contributed by atoms with van der Waals surface area (Å²) in [6, 6.07) is 2.36. The maximum Gasteiger partial charge on any atom is 0.419 e. The van der Waals surface area contributed by atoms with E-state index < -0.39 is 47.7 Å². The molecule has 0 aliphatic carbocycles. The Morgan fingerprint density at radius 1 is 1.32 bits per heavy atom. The Bertz CT molecular complexity index is 475. The molecule has 1 aromatic carbocycles. The summed E-state index contributed by atoms with van der Waals surface area (Å²) in [5, 5.41) is 19.0. The predicted octanol–water partition coefficient (Wildman–Crippen LogP) is 1.11. The first-order chi connectivity index (χ1) is 8.64. The molecule has 0 aliphatic heterocycles. The first kappa shape index (κ1) is 15.4. The first-order valence-electron chi connectivity index (χ1n) is 5.14. The normalized spacial score (nSPS) is 15.1. The van der Waals surface area contributed by atoms with Gasteiger partial charge in [0.2, 0.25) is 5.91 Å². The van der Waals surface area contributed by atoms with Crippen LogP contribution in [0.4, 0.5) is 17.6 Å². The SMILES string of the molecule is NC(=O)CC(O)C(O)c1cccc(F)c1C(F)(F)F. The molecule has 8 heteroatoms. The van der Waals surface area contributed by atoms with Crippen LogP contribution < -0.4 is 5.73 Å². The van der Waals surface area contributed by atoms with Gasteiger partial charge >= 0.3 is 6.18 Å². The molecule has 0 radical (unpaired) electrons. The zero-order valence-corrected chi connectivity index (χ0v) is 9.49. The molecule has 2 unspecified atom stereocenters. The average Bonchev–Trinajstić information content (AvgIpc) is 2.24. The number of hydrogen-bond acceptors (Lipinski definition) is 3. The third-order valence-corrected chi connectivity index (χ3v) is 2.42. The number of rotatable bonds is 4. The molecule has 1 aromatic rings. The van der Waals surface area contributed by atoms with Crippen molar-refractivity contribution in [2.75, 3.05) is 0 Å². The van der Waals surface area contributed by atoms with Gasteiger partial charge in [-0.25, -0.2) is 4.39 Å². The Labute approximate surface area is 105 Å². The Kier molecular flexibility index (Phi) is 4.48. The van der Waals surface area contributed by atoms with Gasteiger partial charge in [0.15, 0.2) is 0 Å². The summed E-state index contributed by atoms with van der Waals surface area (Å²) in [4.78, 5) is 10.5. The summed E-state index contributed by atoms with van der Waals surface area (Å²) in [7, 11) is 0. The van der Waals surface area contributed by atoms with E-state index in [4.69, 9.17) is 5.73 Å². The van der Waals surface area contributed by atoms with E-state index in [1.165, 1.54) is 0 Å². The molecule has 1 rings (SSSR count). The topological polar surface area (TPSA) is 83.6 Å². The lowest BCUT2D eigenvalue weighted by Crippen LogP contribution is -2.27. The van der Waals surface area contributed by atoms with Crippen LogP contribution in [0.5, 0.6) is 0 Å². The highest BCUT2D eigenvalue weighted by atomic mass is 19.4. The van der Waals surface area contributed by atoms with Crippen LogP contribution in [-0.2, 0) is 11.0 Å². The number of primary amides is 1. The lowest BCUT2D eigenvalue weighted by molar-refractivity contribution is -0.142. The summed E-state index contributed by atoms with van der Waals surface area (Å²) in [6.07, 6.45) is -9.69. The van der Waals surface area contributed by atoms with E-state index in [1.54, 1.807) is 0 Å². The highest BCUT2D eigenvalue weighted by Crippen LogP contribution is 2.37. The first-order valence-corrected chi connectivity index (χ1v) is 5.14. The van der Waals surface area contributed by atoms with Crippen molar-refractivity contribution in [3.63, 3.8) is 0 Å². The van der Waals surface area contributed by atoms with Crippen molar-refractivity contribution in [3.05, 3.63) is 35.1 Å². The number of nitrogens with two attached hydrogens (primary N) is 1. The van der Waals surface area contributed by atoms with Crippen molar-refractivity contribution in [1.29, 1.82) is 0 Å². The maximum atomic E-state index is 13.2. The van der Waals surface area contributed by atoms with Crippen molar-refractivity contribution < 1.29 is 32.6 Å². The van der Waals surface area contributed by atoms with E-state index >= 15 is 0 Å². The molecule has 19 heavy (non-hydrogen) atoms. The molecule has 0 aliphatic rings. The van der Waals surface area contributed by atoms with Crippen molar-refractivity contribution >= 4 is 5.91 Å². The fraction of sp³-hybridized carbons (Fsp3) is 0.364. The minimum Gasteiger partial charge on any atom is -0.390 e. The summed E-state index contributed by atoms with van der Waals surface area (Å²) >= 11 is 0. The number of aliphatic hydroxyl groups excluding tert-OH is 2. The van der Waals surface area contributed by atoms with Crippen LogP contribution in [0.25, 0.3) is 0 Å². The molecule has 0 spiro atoms. The van der Waals surface area contributed by atoms with E-state index in [-0.39, 0.29) is 0 Å². The van der Waals surface area contributed by atoms with Gasteiger partial charge in [-0.1, -0.05) is 12.1 Å². The average molecular weight is 281 g/mol. The number of halogens is 4. The van der Waals surface area contributed by atoms with Gasteiger partial charge in [0.25, 0.3) is 0 Å². The van der Waals surface area contributed by atoms with E-state index in [0.717, 1.165) is 12.1 Å². The van der Waals surface area contributed by atoms with Crippen LogP contribution >= 0.6 is 0 Å². The molecule has 0 fully saturated rings. The number of alkyl halides is 3. The van der Waals surface area contributed by atoms with Gasteiger partial charge in [-0.2, -0.15) is 13.2 Å². The minimum absolute atomic E-state index is 0.583. The van der Waals surface area contributed by atoms with Crippen molar-refractivity contribution in [1.82, 2.24) is 0 Å². The second-order valence-corrected chi connectivity index (χ2v) is 3.88. The van der Waals surface area contributed by atoms with Crippen LogP contribution in [0.15, 0.2) is 18.2 Å². The molecular formula is C11H11F4NO3. The van der Waals surface area contributed by atoms with Gasteiger partial charge in [0.05, 0.1) is 18.1 Å². The van der Waals surface area contributed by atoms with Crippen molar-refractivity contribution in [3.8, 4) is 0 Å². The number of hydrogen-bond donors (Lipinski definition) is 3. The number of carbonyl (C=O) groups is 1. The molecule has 2 atom stereocenters. The molecule has 0 saturated heterocycles.